The molecule has 0 aromatic rings. The van der Waals surface area contributed by atoms with Crippen LogP contribution in [0.3, 0.4) is 0 Å². The fourth-order valence-electron chi connectivity index (χ4n) is 1.71. The number of nitrogens with zero attached hydrogens (tertiary/aromatic N) is 1. The summed E-state index contributed by atoms with van der Waals surface area (Å²) in [6.45, 7) is 9.66. The zero-order valence-electron chi connectivity index (χ0n) is 11.0. The van der Waals surface area contributed by atoms with Crippen LogP contribution in [0.15, 0.2) is 0 Å². The van der Waals surface area contributed by atoms with Gasteiger partial charge >= 0.3 is 5.97 Å². The van der Waals surface area contributed by atoms with Crippen molar-refractivity contribution in [2.24, 2.45) is 0 Å². The molecule has 0 saturated carbocycles. The molecule has 97 valence electrons. The number of esters is 1. The Morgan fingerprint density at radius 1 is 1.18 bits per heavy atom. The van der Waals surface area contributed by atoms with E-state index in [0.717, 1.165) is 13.1 Å². The largest absolute Gasteiger partial charge is 0.458 e. The van der Waals surface area contributed by atoms with E-state index in [-0.39, 0.29) is 11.8 Å². The third kappa shape index (κ3) is 4.44. The number of carbonyl (C=O) groups is 2. The molecular formula is C12H21N2O3. The van der Waals surface area contributed by atoms with E-state index in [9.17, 15) is 9.59 Å². The number of piperazine rings is 1. The minimum Gasteiger partial charge on any atom is -0.458 e. The Bertz CT molecular complexity index is 291. The van der Waals surface area contributed by atoms with E-state index in [4.69, 9.17) is 4.74 Å². The van der Waals surface area contributed by atoms with Crippen molar-refractivity contribution in [3.63, 3.8) is 0 Å². The zero-order chi connectivity index (χ0) is 13.1. The molecule has 5 nitrogen and oxygen atoms in total. The number of carbonyl (C=O) groups excluding carboxylic acids is 2. The number of hydrogen-bond acceptors (Lipinski definition) is 5. The Labute approximate surface area is 102 Å². The van der Waals surface area contributed by atoms with Crippen molar-refractivity contribution in [3.05, 3.63) is 6.04 Å². The molecule has 5 heteroatoms. The first-order valence-electron chi connectivity index (χ1n) is 5.88. The fraction of sp³-hybridized carbons (Fsp3) is 0.750. The SMILES string of the molecule is CC(=O)[C](C(=O)OC(C)(C)C)N1CCNCC1. The van der Waals surface area contributed by atoms with Gasteiger partial charge in [0.05, 0.1) is 0 Å². The zero-order valence-corrected chi connectivity index (χ0v) is 11.0. The number of nitrogens with one attached hydrogen (secondary N) is 1. The molecule has 0 aromatic carbocycles. The van der Waals surface area contributed by atoms with Gasteiger partial charge < -0.3 is 10.1 Å². The standard InChI is InChI=1S/C12H21N2O3/c1-9(15)10(11(16)17-12(2,3)4)14-7-5-13-6-8-14/h13H,5-8H2,1-4H3. The lowest BCUT2D eigenvalue weighted by molar-refractivity contribution is -0.157. The number of rotatable bonds is 3. The molecular weight excluding hydrogens is 220 g/mol. The van der Waals surface area contributed by atoms with Gasteiger partial charge in [-0.05, 0) is 27.7 Å². The van der Waals surface area contributed by atoms with Gasteiger partial charge in [0, 0.05) is 26.2 Å². The smallest absolute Gasteiger partial charge is 0.338 e. The second kappa shape index (κ2) is 5.60. The van der Waals surface area contributed by atoms with Crippen LogP contribution in [-0.4, -0.2) is 48.4 Å². The number of ether oxygens (including phenoxy) is 1. The highest BCUT2D eigenvalue weighted by atomic mass is 16.6. The van der Waals surface area contributed by atoms with E-state index < -0.39 is 11.6 Å². The highest BCUT2D eigenvalue weighted by Gasteiger charge is 2.35. The molecule has 1 rings (SSSR count). The normalized spacial score (nSPS) is 18.2. The van der Waals surface area contributed by atoms with Crippen LogP contribution < -0.4 is 5.32 Å². The average molecular weight is 241 g/mol. The summed E-state index contributed by atoms with van der Waals surface area (Å²) in [4.78, 5) is 25.3. The van der Waals surface area contributed by atoms with Crippen molar-refractivity contribution in [2.45, 2.75) is 33.3 Å². The molecule has 1 heterocycles. The molecule has 0 aromatic heterocycles. The van der Waals surface area contributed by atoms with E-state index in [2.05, 4.69) is 5.32 Å². The summed E-state index contributed by atoms with van der Waals surface area (Å²) in [5.74, 6) is -0.756. The first-order chi connectivity index (χ1) is 7.81. The van der Waals surface area contributed by atoms with Crippen LogP contribution in [0.5, 0.6) is 0 Å². The Morgan fingerprint density at radius 2 is 1.71 bits per heavy atom. The van der Waals surface area contributed by atoms with Crippen molar-refractivity contribution in [1.82, 2.24) is 10.2 Å². The Balaban J connectivity index is 2.71. The van der Waals surface area contributed by atoms with Gasteiger partial charge in [-0.2, -0.15) is 0 Å². The molecule has 0 unspecified atom stereocenters. The second-order valence-corrected chi connectivity index (χ2v) is 5.14. The van der Waals surface area contributed by atoms with Crippen molar-refractivity contribution in [2.75, 3.05) is 26.2 Å². The summed E-state index contributed by atoms with van der Waals surface area (Å²) in [7, 11) is 0. The summed E-state index contributed by atoms with van der Waals surface area (Å²) in [6.07, 6.45) is 0. The van der Waals surface area contributed by atoms with Crippen LogP contribution in [0.25, 0.3) is 0 Å². The molecule has 0 amide bonds. The summed E-state index contributed by atoms with van der Waals surface area (Å²) in [5, 5.41) is 3.18. The van der Waals surface area contributed by atoms with Gasteiger partial charge in [-0.25, -0.2) is 4.79 Å². The lowest BCUT2D eigenvalue weighted by atomic mass is 10.1. The van der Waals surface area contributed by atoms with Crippen LogP contribution >= 0.6 is 0 Å². The summed E-state index contributed by atoms with van der Waals surface area (Å²) >= 11 is 0. The maximum atomic E-state index is 12.0. The van der Waals surface area contributed by atoms with Crippen LogP contribution in [0.4, 0.5) is 0 Å². The van der Waals surface area contributed by atoms with Gasteiger partial charge in [0.2, 0.25) is 6.04 Å². The van der Waals surface area contributed by atoms with Gasteiger partial charge in [0.1, 0.15) is 5.60 Å². The molecule has 1 fully saturated rings. The quantitative estimate of drug-likeness (QED) is 0.571. The van der Waals surface area contributed by atoms with Crippen LogP contribution in [-0.2, 0) is 14.3 Å². The highest BCUT2D eigenvalue weighted by Crippen LogP contribution is 2.17. The molecule has 1 N–H and O–H groups in total. The Morgan fingerprint density at radius 3 is 2.12 bits per heavy atom. The number of ketones is 1. The summed E-state index contributed by atoms with van der Waals surface area (Å²) in [5.41, 5.74) is -0.578. The molecule has 1 aliphatic rings. The summed E-state index contributed by atoms with van der Waals surface area (Å²) < 4.78 is 5.26. The van der Waals surface area contributed by atoms with Crippen molar-refractivity contribution >= 4 is 11.8 Å². The average Bonchev–Trinajstić information content (AvgIpc) is 2.15. The summed E-state index contributed by atoms with van der Waals surface area (Å²) in [6, 6.07) is 0.168. The third-order valence-electron chi connectivity index (χ3n) is 2.36. The maximum Gasteiger partial charge on any atom is 0.338 e. The first kappa shape index (κ1) is 14.1. The van der Waals surface area contributed by atoms with Gasteiger partial charge in [-0.3, -0.25) is 9.69 Å². The molecule has 0 atom stereocenters. The first-order valence-corrected chi connectivity index (χ1v) is 5.88. The highest BCUT2D eigenvalue weighted by molar-refractivity contribution is 6.11. The van der Waals surface area contributed by atoms with Crippen LogP contribution in [0.2, 0.25) is 0 Å². The predicted octanol–water partition coefficient (Wildman–Crippen LogP) is 0.354. The van der Waals surface area contributed by atoms with Gasteiger partial charge in [-0.1, -0.05) is 0 Å². The van der Waals surface area contributed by atoms with Crippen LogP contribution in [0.1, 0.15) is 27.7 Å². The van der Waals surface area contributed by atoms with E-state index in [1.54, 1.807) is 25.7 Å². The minimum atomic E-state index is -0.578. The minimum absolute atomic E-state index is 0.168. The monoisotopic (exact) mass is 241 g/mol. The maximum absolute atomic E-state index is 12.0. The molecule has 1 aliphatic heterocycles. The van der Waals surface area contributed by atoms with Gasteiger partial charge in [0.25, 0.3) is 0 Å². The lowest BCUT2D eigenvalue weighted by Crippen LogP contribution is -2.50. The van der Waals surface area contributed by atoms with E-state index in [1.165, 1.54) is 6.92 Å². The number of hydrogen-bond donors (Lipinski definition) is 1. The topological polar surface area (TPSA) is 58.6 Å². The van der Waals surface area contributed by atoms with Crippen molar-refractivity contribution in [1.29, 1.82) is 0 Å². The van der Waals surface area contributed by atoms with E-state index >= 15 is 0 Å². The Kier molecular flexibility index (Phi) is 4.65. The Hall–Kier alpha value is -0.940. The molecule has 1 radical (unpaired) electrons. The van der Waals surface area contributed by atoms with Crippen LogP contribution in [0, 0.1) is 6.04 Å². The third-order valence-corrected chi connectivity index (χ3v) is 2.36. The van der Waals surface area contributed by atoms with Gasteiger partial charge in [-0.15, -0.1) is 0 Å². The molecule has 0 bridgehead atoms. The fourth-order valence-corrected chi connectivity index (χ4v) is 1.71. The van der Waals surface area contributed by atoms with E-state index in [1.807, 2.05) is 0 Å². The molecule has 1 saturated heterocycles. The second-order valence-electron chi connectivity index (χ2n) is 5.14. The molecule has 0 aliphatic carbocycles. The molecule has 0 spiro atoms. The molecule has 17 heavy (non-hydrogen) atoms. The van der Waals surface area contributed by atoms with Crippen molar-refractivity contribution in [3.8, 4) is 0 Å². The predicted molar refractivity (Wildman–Crippen MR) is 64.2 cm³/mol. The number of Topliss-reactive ketones (excluding diaryl/α,β-unsaturated/α-hetero) is 1. The lowest BCUT2D eigenvalue weighted by Gasteiger charge is -2.32. The van der Waals surface area contributed by atoms with E-state index in [0.29, 0.717) is 13.1 Å². The van der Waals surface area contributed by atoms with Gasteiger partial charge in [0.15, 0.2) is 5.78 Å². The van der Waals surface area contributed by atoms with Crippen molar-refractivity contribution < 1.29 is 14.3 Å².